The molecule has 0 aromatic heterocycles. The van der Waals surface area contributed by atoms with Crippen molar-refractivity contribution in [1.82, 2.24) is 0 Å². The van der Waals surface area contributed by atoms with E-state index in [0.717, 1.165) is 12.7 Å². The van der Waals surface area contributed by atoms with Crippen LogP contribution >= 0.6 is 0 Å². The number of primary amides is 1. The summed E-state index contributed by atoms with van der Waals surface area (Å²) in [6.07, 6.45) is 2.48. The molecule has 0 atom stereocenters. The van der Waals surface area contributed by atoms with E-state index >= 15 is 0 Å². The second-order valence-electron chi connectivity index (χ2n) is 5.19. The van der Waals surface area contributed by atoms with Crippen molar-refractivity contribution in [2.45, 2.75) is 12.8 Å². The lowest BCUT2D eigenvalue weighted by atomic mass is 10.1. The van der Waals surface area contributed by atoms with Gasteiger partial charge in [-0.15, -0.1) is 0 Å². The number of amides is 1. The maximum absolute atomic E-state index is 13.9. The van der Waals surface area contributed by atoms with Gasteiger partial charge in [0.15, 0.2) is 0 Å². The summed E-state index contributed by atoms with van der Waals surface area (Å²) in [5.41, 5.74) is 11.3. The van der Waals surface area contributed by atoms with Gasteiger partial charge >= 0.3 is 0 Å². The fraction of sp³-hybridized carbons (Fsp3) is 0.500. The van der Waals surface area contributed by atoms with Gasteiger partial charge in [0.25, 0.3) is 5.91 Å². The molecule has 0 bridgehead atoms. The number of anilines is 2. The number of hydrogen-bond donors (Lipinski definition) is 2. The second kappa shape index (κ2) is 6.09. The summed E-state index contributed by atoms with van der Waals surface area (Å²) in [6, 6.07) is 2.50. The largest absolute Gasteiger partial charge is 0.398 e. The normalized spacial score (nSPS) is 14.3. The summed E-state index contributed by atoms with van der Waals surface area (Å²) in [6.45, 7) is 1.82. The molecule has 1 amide bonds. The summed E-state index contributed by atoms with van der Waals surface area (Å²) >= 11 is 0. The molecule has 110 valence electrons. The fourth-order valence-electron chi connectivity index (χ4n) is 1.94. The van der Waals surface area contributed by atoms with Crippen LogP contribution in [0.4, 0.5) is 15.8 Å². The molecular weight excluding hydrogens is 261 g/mol. The topological polar surface area (TPSA) is 81.6 Å². The number of nitrogens with two attached hydrogens (primary N) is 2. The quantitative estimate of drug-likeness (QED) is 0.584. The number of halogens is 1. The number of rotatable bonds is 7. The summed E-state index contributed by atoms with van der Waals surface area (Å²) in [5, 5.41) is 0. The molecule has 1 aliphatic carbocycles. The average Bonchev–Trinajstić information content (AvgIpc) is 3.18. The molecule has 1 fully saturated rings. The molecule has 1 saturated carbocycles. The minimum atomic E-state index is -0.665. The van der Waals surface area contributed by atoms with Crippen LogP contribution in [0.5, 0.6) is 0 Å². The van der Waals surface area contributed by atoms with E-state index in [1.54, 1.807) is 11.9 Å². The van der Waals surface area contributed by atoms with Gasteiger partial charge in [-0.3, -0.25) is 4.79 Å². The molecule has 0 saturated heterocycles. The van der Waals surface area contributed by atoms with Crippen molar-refractivity contribution < 1.29 is 13.9 Å². The average molecular weight is 281 g/mol. The Balaban J connectivity index is 1.98. The zero-order valence-electron chi connectivity index (χ0n) is 11.6. The van der Waals surface area contributed by atoms with E-state index < -0.39 is 11.7 Å². The molecular formula is C14H20FN3O2. The Kier molecular flexibility index (Phi) is 4.44. The number of nitrogens with zero attached hydrogens (tertiary/aromatic N) is 1. The molecule has 0 radical (unpaired) electrons. The molecule has 2 rings (SSSR count). The van der Waals surface area contributed by atoms with Crippen molar-refractivity contribution in [2.24, 2.45) is 11.7 Å². The molecule has 6 heteroatoms. The lowest BCUT2D eigenvalue weighted by Crippen LogP contribution is -2.25. The highest BCUT2D eigenvalue weighted by Gasteiger charge is 2.21. The first kappa shape index (κ1) is 14.6. The van der Waals surface area contributed by atoms with Gasteiger partial charge in [0.1, 0.15) is 5.82 Å². The Morgan fingerprint density at radius 2 is 2.20 bits per heavy atom. The Morgan fingerprint density at radius 1 is 1.50 bits per heavy atom. The molecule has 1 aliphatic rings. The number of carbonyl (C=O) groups is 1. The minimum Gasteiger partial charge on any atom is -0.398 e. The highest BCUT2D eigenvalue weighted by Crippen LogP contribution is 2.29. The Hall–Kier alpha value is -1.82. The molecule has 20 heavy (non-hydrogen) atoms. The lowest BCUT2D eigenvalue weighted by Gasteiger charge is -2.21. The van der Waals surface area contributed by atoms with E-state index in [1.165, 1.54) is 18.9 Å². The van der Waals surface area contributed by atoms with E-state index in [1.807, 2.05) is 0 Å². The van der Waals surface area contributed by atoms with Gasteiger partial charge in [0.2, 0.25) is 0 Å². The van der Waals surface area contributed by atoms with E-state index in [-0.39, 0.29) is 11.3 Å². The van der Waals surface area contributed by atoms with Crippen molar-refractivity contribution in [3.05, 3.63) is 23.5 Å². The molecule has 1 aromatic rings. The monoisotopic (exact) mass is 281 g/mol. The van der Waals surface area contributed by atoms with Gasteiger partial charge in [0.05, 0.1) is 17.9 Å². The fourth-order valence-corrected chi connectivity index (χ4v) is 1.94. The number of nitrogen functional groups attached to an aromatic ring is 1. The maximum atomic E-state index is 13.9. The van der Waals surface area contributed by atoms with Gasteiger partial charge in [-0.2, -0.15) is 0 Å². The van der Waals surface area contributed by atoms with Crippen LogP contribution in [-0.4, -0.2) is 32.7 Å². The van der Waals surface area contributed by atoms with Crippen LogP contribution in [0.15, 0.2) is 12.1 Å². The van der Waals surface area contributed by atoms with Crippen molar-refractivity contribution >= 4 is 17.3 Å². The molecule has 0 heterocycles. The van der Waals surface area contributed by atoms with Gasteiger partial charge < -0.3 is 21.1 Å². The van der Waals surface area contributed by atoms with Crippen molar-refractivity contribution in [3.63, 3.8) is 0 Å². The summed E-state index contributed by atoms with van der Waals surface area (Å²) in [4.78, 5) is 12.9. The van der Waals surface area contributed by atoms with Crippen molar-refractivity contribution in [1.29, 1.82) is 0 Å². The van der Waals surface area contributed by atoms with E-state index in [0.29, 0.717) is 24.8 Å². The van der Waals surface area contributed by atoms with Crippen molar-refractivity contribution in [3.8, 4) is 0 Å². The smallest absolute Gasteiger partial charge is 0.250 e. The van der Waals surface area contributed by atoms with Crippen LogP contribution in [-0.2, 0) is 4.74 Å². The SMILES string of the molecule is CN(CCOCC1CC1)c1cc(C(N)=O)c(N)cc1F. The van der Waals surface area contributed by atoms with E-state index in [4.69, 9.17) is 16.2 Å². The van der Waals surface area contributed by atoms with E-state index in [9.17, 15) is 9.18 Å². The highest BCUT2D eigenvalue weighted by atomic mass is 19.1. The van der Waals surface area contributed by atoms with Crippen LogP contribution in [0.3, 0.4) is 0 Å². The first-order valence-electron chi connectivity index (χ1n) is 6.66. The van der Waals surface area contributed by atoms with Crippen molar-refractivity contribution in [2.75, 3.05) is 37.4 Å². The Labute approximate surface area is 117 Å². The minimum absolute atomic E-state index is 0.0529. The second-order valence-corrected chi connectivity index (χ2v) is 5.19. The summed E-state index contributed by atoms with van der Waals surface area (Å²) in [7, 11) is 1.74. The molecule has 1 aromatic carbocycles. The molecule has 0 aliphatic heterocycles. The number of benzene rings is 1. The maximum Gasteiger partial charge on any atom is 0.250 e. The third kappa shape index (κ3) is 3.60. The Bertz CT molecular complexity index is 503. The Morgan fingerprint density at radius 3 is 2.80 bits per heavy atom. The zero-order chi connectivity index (χ0) is 14.7. The zero-order valence-corrected chi connectivity index (χ0v) is 11.6. The summed E-state index contributed by atoms with van der Waals surface area (Å²) < 4.78 is 19.4. The van der Waals surface area contributed by atoms with Gasteiger partial charge in [0, 0.05) is 25.9 Å². The van der Waals surface area contributed by atoms with Crippen LogP contribution in [0.1, 0.15) is 23.2 Å². The third-order valence-corrected chi connectivity index (χ3v) is 3.42. The number of hydrogen-bond acceptors (Lipinski definition) is 4. The third-order valence-electron chi connectivity index (χ3n) is 3.42. The molecule has 0 unspecified atom stereocenters. The summed E-state index contributed by atoms with van der Waals surface area (Å²) in [5.74, 6) is -0.436. The first-order valence-corrected chi connectivity index (χ1v) is 6.66. The van der Waals surface area contributed by atoms with Gasteiger partial charge in [-0.25, -0.2) is 4.39 Å². The lowest BCUT2D eigenvalue weighted by molar-refractivity contribution is 0.100. The van der Waals surface area contributed by atoms with Crippen LogP contribution in [0, 0.1) is 11.7 Å². The van der Waals surface area contributed by atoms with Gasteiger partial charge in [-0.05, 0) is 30.9 Å². The van der Waals surface area contributed by atoms with Crippen LogP contribution in [0.25, 0.3) is 0 Å². The number of likely N-dealkylation sites (N-methyl/N-ethyl adjacent to an activating group) is 1. The molecule has 5 nitrogen and oxygen atoms in total. The van der Waals surface area contributed by atoms with E-state index in [2.05, 4.69) is 0 Å². The standard InChI is InChI=1S/C14H20FN3O2/c1-18(4-5-20-8-9-2-3-9)13-6-10(14(17)19)12(16)7-11(13)15/h6-7,9H,2-5,8,16H2,1H3,(H2,17,19). The van der Waals surface area contributed by atoms with Crippen LogP contribution in [0.2, 0.25) is 0 Å². The first-order chi connectivity index (χ1) is 9.49. The molecule has 4 N–H and O–H groups in total. The highest BCUT2D eigenvalue weighted by molar-refractivity contribution is 5.99. The number of ether oxygens (including phenoxy) is 1. The predicted molar refractivity (Wildman–Crippen MR) is 76.1 cm³/mol. The van der Waals surface area contributed by atoms with Crippen LogP contribution < -0.4 is 16.4 Å². The molecule has 0 spiro atoms. The number of carbonyl (C=O) groups excluding carboxylic acids is 1. The predicted octanol–water partition coefficient (Wildman–Crippen LogP) is 1.37. The van der Waals surface area contributed by atoms with Gasteiger partial charge in [-0.1, -0.05) is 0 Å².